The van der Waals surface area contributed by atoms with Gasteiger partial charge >= 0.3 is 0 Å². The van der Waals surface area contributed by atoms with Crippen molar-refractivity contribution in [2.45, 2.75) is 63.6 Å². The second kappa shape index (κ2) is 9.86. The molecule has 1 unspecified atom stereocenters. The molecule has 0 radical (unpaired) electrons. The maximum Gasteiger partial charge on any atom is 0.258 e. The molecule has 31 heavy (non-hydrogen) atoms. The minimum atomic E-state index is -0.520. The fourth-order valence-corrected chi connectivity index (χ4v) is 4.50. The minimum Gasteiger partial charge on any atom is -0.507 e. The number of carbonyl (C=O) groups is 2. The largest absolute Gasteiger partial charge is 0.507 e. The van der Waals surface area contributed by atoms with Crippen molar-refractivity contribution in [2.75, 3.05) is 6.54 Å². The third kappa shape index (κ3) is 5.19. The van der Waals surface area contributed by atoms with Gasteiger partial charge in [0.2, 0.25) is 5.91 Å². The highest BCUT2D eigenvalue weighted by molar-refractivity contribution is 5.99. The third-order valence-electron chi connectivity index (χ3n) is 6.17. The van der Waals surface area contributed by atoms with Crippen LogP contribution < -0.4 is 10.1 Å². The first-order valence-electron chi connectivity index (χ1n) is 11.2. The molecule has 2 N–H and O–H groups in total. The van der Waals surface area contributed by atoms with Crippen molar-refractivity contribution in [1.29, 1.82) is 0 Å². The smallest absolute Gasteiger partial charge is 0.258 e. The molecule has 1 saturated carbocycles. The van der Waals surface area contributed by atoms with Gasteiger partial charge in [-0.2, -0.15) is 0 Å². The van der Waals surface area contributed by atoms with Gasteiger partial charge in [-0.05, 0) is 68.4 Å². The lowest BCUT2D eigenvalue weighted by atomic mass is 9.98. The van der Waals surface area contributed by atoms with E-state index in [4.69, 9.17) is 4.74 Å². The number of phenols is 1. The van der Waals surface area contributed by atoms with E-state index < -0.39 is 6.04 Å². The van der Waals surface area contributed by atoms with Crippen LogP contribution in [0.25, 0.3) is 0 Å². The Balaban J connectivity index is 1.35. The van der Waals surface area contributed by atoms with Crippen LogP contribution in [0.2, 0.25) is 0 Å². The number of rotatable bonds is 6. The number of phenolic OH excluding ortho intramolecular Hbond substituents is 1. The Morgan fingerprint density at radius 1 is 1.00 bits per heavy atom. The highest BCUT2D eigenvalue weighted by Crippen LogP contribution is 2.26. The van der Waals surface area contributed by atoms with Gasteiger partial charge in [0.05, 0.1) is 11.7 Å². The molecular weight excluding hydrogens is 392 g/mol. The summed E-state index contributed by atoms with van der Waals surface area (Å²) in [6.45, 7) is 0.895. The molecule has 2 aromatic carbocycles. The molecule has 0 spiro atoms. The van der Waals surface area contributed by atoms with Crippen molar-refractivity contribution in [3.8, 4) is 11.5 Å². The first kappa shape index (κ1) is 21.2. The van der Waals surface area contributed by atoms with Crippen LogP contribution in [-0.2, 0) is 11.3 Å². The van der Waals surface area contributed by atoms with Crippen LogP contribution >= 0.6 is 0 Å². The maximum absolute atomic E-state index is 12.9. The normalized spacial score (nSPS) is 19.2. The van der Waals surface area contributed by atoms with Gasteiger partial charge in [0.1, 0.15) is 17.5 Å². The summed E-state index contributed by atoms with van der Waals surface area (Å²) in [4.78, 5) is 27.3. The third-order valence-corrected chi connectivity index (χ3v) is 6.17. The van der Waals surface area contributed by atoms with Crippen molar-refractivity contribution in [1.82, 2.24) is 10.2 Å². The zero-order chi connectivity index (χ0) is 21.6. The van der Waals surface area contributed by atoms with Gasteiger partial charge in [-0.1, -0.05) is 30.7 Å². The molecule has 2 aromatic rings. The number of hydrogen-bond donors (Lipinski definition) is 2. The molecule has 1 aliphatic carbocycles. The number of ether oxygens (including phenoxy) is 1. The maximum atomic E-state index is 12.9. The number of benzene rings is 2. The van der Waals surface area contributed by atoms with Crippen LogP contribution in [0.4, 0.5) is 0 Å². The Kier molecular flexibility index (Phi) is 6.75. The molecule has 1 saturated heterocycles. The topological polar surface area (TPSA) is 78.9 Å². The predicted molar refractivity (Wildman–Crippen MR) is 118 cm³/mol. The average molecular weight is 423 g/mol. The van der Waals surface area contributed by atoms with Crippen LogP contribution in [0.15, 0.2) is 48.5 Å². The summed E-state index contributed by atoms with van der Waals surface area (Å²) in [7, 11) is 0. The molecule has 0 bridgehead atoms. The van der Waals surface area contributed by atoms with E-state index in [9.17, 15) is 14.7 Å². The highest BCUT2D eigenvalue weighted by atomic mass is 16.5. The Bertz CT molecular complexity index is 923. The lowest BCUT2D eigenvalue weighted by Crippen LogP contribution is -2.45. The Hall–Kier alpha value is -3.02. The minimum absolute atomic E-state index is 0.0617. The quantitative estimate of drug-likeness (QED) is 0.737. The summed E-state index contributed by atoms with van der Waals surface area (Å²) in [6.07, 6.45) is 7.60. The van der Waals surface area contributed by atoms with Crippen LogP contribution in [-0.4, -0.2) is 40.5 Å². The van der Waals surface area contributed by atoms with Crippen LogP contribution in [0.5, 0.6) is 11.5 Å². The van der Waals surface area contributed by atoms with Gasteiger partial charge in [0, 0.05) is 13.1 Å². The lowest BCUT2D eigenvalue weighted by Gasteiger charge is -2.24. The number of aromatic hydroxyl groups is 1. The second-order valence-corrected chi connectivity index (χ2v) is 8.42. The van der Waals surface area contributed by atoms with E-state index in [2.05, 4.69) is 5.32 Å². The SMILES string of the molecule is O=C(NCc1cccc(OC2CCCCC2)c1)C1CCCN1C(=O)c1ccccc1O. The van der Waals surface area contributed by atoms with Gasteiger partial charge in [0.25, 0.3) is 5.91 Å². The van der Waals surface area contributed by atoms with Crippen molar-refractivity contribution in [3.63, 3.8) is 0 Å². The summed E-state index contributed by atoms with van der Waals surface area (Å²) in [5.41, 5.74) is 1.20. The van der Waals surface area contributed by atoms with Crippen molar-refractivity contribution in [3.05, 3.63) is 59.7 Å². The van der Waals surface area contributed by atoms with Crippen molar-refractivity contribution < 1.29 is 19.4 Å². The molecule has 2 aliphatic rings. The summed E-state index contributed by atoms with van der Waals surface area (Å²) in [5, 5.41) is 13.0. The number of likely N-dealkylation sites (tertiary alicyclic amines) is 1. The number of hydrogen-bond acceptors (Lipinski definition) is 4. The zero-order valence-electron chi connectivity index (χ0n) is 17.8. The van der Waals surface area contributed by atoms with Crippen LogP contribution in [0.1, 0.15) is 60.9 Å². The molecule has 1 aliphatic heterocycles. The predicted octanol–water partition coefficient (Wildman–Crippen LogP) is 4.02. The average Bonchev–Trinajstić information content (AvgIpc) is 3.28. The van der Waals surface area contributed by atoms with Gasteiger partial charge in [0.15, 0.2) is 0 Å². The van der Waals surface area contributed by atoms with Gasteiger partial charge < -0.3 is 20.1 Å². The zero-order valence-corrected chi connectivity index (χ0v) is 17.8. The standard InChI is InChI=1S/C25H30N2O4/c28-23-14-5-4-12-21(23)25(30)27-15-7-13-22(27)24(29)26-17-18-8-6-11-20(16-18)31-19-9-2-1-3-10-19/h4-6,8,11-12,14,16,19,22,28H,1-3,7,9-10,13,15,17H2,(H,26,29). The van der Waals surface area contributed by atoms with E-state index >= 15 is 0 Å². The molecule has 164 valence electrons. The second-order valence-electron chi connectivity index (χ2n) is 8.42. The van der Waals surface area contributed by atoms with E-state index in [1.807, 2.05) is 24.3 Å². The molecule has 1 heterocycles. The summed E-state index contributed by atoms with van der Waals surface area (Å²) in [6, 6.07) is 13.8. The monoisotopic (exact) mass is 422 g/mol. The lowest BCUT2D eigenvalue weighted by molar-refractivity contribution is -0.125. The summed E-state index contributed by atoms with van der Waals surface area (Å²) >= 11 is 0. The Labute approximate surface area is 183 Å². The number of amides is 2. The molecule has 4 rings (SSSR count). The number of para-hydroxylation sites is 1. The fourth-order valence-electron chi connectivity index (χ4n) is 4.50. The first-order chi connectivity index (χ1) is 15.1. The molecule has 0 aromatic heterocycles. The number of nitrogens with zero attached hydrogens (tertiary/aromatic N) is 1. The van der Waals surface area contributed by atoms with Gasteiger partial charge in [-0.15, -0.1) is 0 Å². The van der Waals surface area contributed by atoms with E-state index in [0.29, 0.717) is 19.5 Å². The Morgan fingerprint density at radius 3 is 2.61 bits per heavy atom. The molecule has 6 nitrogen and oxygen atoms in total. The summed E-state index contributed by atoms with van der Waals surface area (Å²) < 4.78 is 6.12. The van der Waals surface area contributed by atoms with Gasteiger partial charge in [-0.3, -0.25) is 9.59 Å². The summed E-state index contributed by atoms with van der Waals surface area (Å²) in [5.74, 6) is 0.308. The number of nitrogens with one attached hydrogen (secondary N) is 1. The van der Waals surface area contributed by atoms with Crippen LogP contribution in [0, 0.1) is 0 Å². The Morgan fingerprint density at radius 2 is 1.81 bits per heavy atom. The van der Waals surface area contributed by atoms with E-state index in [0.717, 1.165) is 30.6 Å². The molecule has 6 heteroatoms. The van der Waals surface area contributed by atoms with E-state index in [1.54, 1.807) is 23.1 Å². The molecule has 2 fully saturated rings. The van der Waals surface area contributed by atoms with Crippen molar-refractivity contribution >= 4 is 11.8 Å². The van der Waals surface area contributed by atoms with Gasteiger partial charge in [-0.25, -0.2) is 0 Å². The molecule has 1 atom stereocenters. The van der Waals surface area contributed by atoms with Crippen molar-refractivity contribution in [2.24, 2.45) is 0 Å². The van der Waals surface area contributed by atoms with E-state index in [1.165, 1.54) is 25.3 Å². The number of carbonyl (C=O) groups excluding carboxylic acids is 2. The first-order valence-corrected chi connectivity index (χ1v) is 11.2. The molecule has 2 amide bonds. The van der Waals surface area contributed by atoms with E-state index in [-0.39, 0.29) is 29.2 Å². The highest BCUT2D eigenvalue weighted by Gasteiger charge is 2.35. The fraction of sp³-hybridized carbons (Fsp3) is 0.440. The molecular formula is C25H30N2O4. The van der Waals surface area contributed by atoms with Crippen LogP contribution in [0.3, 0.4) is 0 Å².